The van der Waals surface area contributed by atoms with Gasteiger partial charge in [-0.1, -0.05) is 70.0 Å². The number of fused-ring (bicyclic) bond motifs is 9. The van der Waals surface area contributed by atoms with Crippen LogP contribution >= 0.6 is 15.9 Å². The first-order valence-corrected chi connectivity index (χ1v) is 13.0. The average molecular weight is 507 g/mol. The van der Waals surface area contributed by atoms with Crippen molar-refractivity contribution in [1.29, 1.82) is 0 Å². The number of hydrogen-bond acceptors (Lipinski definition) is 0. The topological polar surface area (TPSA) is 3.88 Å². The van der Waals surface area contributed by atoms with Crippen LogP contribution in [-0.4, -0.2) is 0 Å². The smallest absolute Gasteiger partial charge is 0.164 e. The van der Waals surface area contributed by atoms with Gasteiger partial charge in [0, 0.05) is 28.9 Å². The van der Waals surface area contributed by atoms with Crippen molar-refractivity contribution < 1.29 is 4.57 Å². The van der Waals surface area contributed by atoms with E-state index in [1.165, 1.54) is 50.2 Å². The Bertz CT molecular complexity index is 1450. The largest absolute Gasteiger partial charge is 0.218 e. The van der Waals surface area contributed by atoms with Crippen LogP contribution in [0.25, 0.3) is 28.1 Å². The summed E-state index contributed by atoms with van der Waals surface area (Å²) in [5, 5.41) is 0. The van der Waals surface area contributed by atoms with Gasteiger partial charge >= 0.3 is 0 Å². The van der Waals surface area contributed by atoms with Crippen molar-refractivity contribution in [2.75, 3.05) is 0 Å². The van der Waals surface area contributed by atoms with Crippen molar-refractivity contribution in [1.82, 2.24) is 0 Å². The van der Waals surface area contributed by atoms with Gasteiger partial charge < -0.3 is 0 Å². The number of benzene rings is 3. The maximum Gasteiger partial charge on any atom is 0.218 e. The fraction of sp³-hybridized carbons (Fsp3) is 0.219. The molecule has 4 aromatic rings. The van der Waals surface area contributed by atoms with E-state index in [0.717, 1.165) is 29.4 Å². The molecular formula is C32H29BrN+. The van der Waals surface area contributed by atoms with E-state index in [0.29, 0.717) is 11.8 Å². The summed E-state index contributed by atoms with van der Waals surface area (Å²) in [4.78, 5) is 0. The Morgan fingerprint density at radius 3 is 2.47 bits per heavy atom. The molecule has 0 amide bonds. The molecule has 0 N–H and O–H groups in total. The Kier molecular flexibility index (Phi) is 5.30. The van der Waals surface area contributed by atoms with Crippen LogP contribution in [0.5, 0.6) is 0 Å². The van der Waals surface area contributed by atoms with Gasteiger partial charge in [0.1, 0.15) is 0 Å². The summed E-state index contributed by atoms with van der Waals surface area (Å²) in [6.07, 6.45) is 5.34. The second kappa shape index (κ2) is 8.36. The van der Waals surface area contributed by atoms with Crippen LogP contribution in [0.3, 0.4) is 0 Å². The van der Waals surface area contributed by atoms with Gasteiger partial charge in [0.25, 0.3) is 0 Å². The normalized spacial score (nSPS) is 18.7. The Morgan fingerprint density at radius 2 is 1.59 bits per heavy atom. The van der Waals surface area contributed by atoms with Crippen LogP contribution in [0.15, 0.2) is 90.0 Å². The lowest BCUT2D eigenvalue weighted by molar-refractivity contribution is -0.571. The number of halogens is 1. The molecule has 0 saturated heterocycles. The first kappa shape index (κ1) is 21.6. The van der Waals surface area contributed by atoms with Crippen LogP contribution in [-0.2, 0) is 6.42 Å². The molecule has 6 rings (SSSR count). The molecule has 34 heavy (non-hydrogen) atoms. The highest BCUT2D eigenvalue weighted by atomic mass is 79.9. The van der Waals surface area contributed by atoms with Gasteiger partial charge in [-0.3, -0.25) is 0 Å². The SMILES string of the molecule is C=C1CC2c3ccc(C)cc3-c3ccccc3C2CCc2ccc(Br)cc2-c2cc(C)cc[n+]21. The molecule has 1 aromatic heterocycles. The highest BCUT2D eigenvalue weighted by molar-refractivity contribution is 9.10. The van der Waals surface area contributed by atoms with Crippen molar-refractivity contribution in [2.24, 2.45) is 0 Å². The van der Waals surface area contributed by atoms with Crippen molar-refractivity contribution in [3.8, 4) is 22.4 Å². The monoisotopic (exact) mass is 506 g/mol. The van der Waals surface area contributed by atoms with Gasteiger partial charge in [-0.25, -0.2) is 0 Å². The van der Waals surface area contributed by atoms with Crippen LogP contribution < -0.4 is 4.57 Å². The predicted molar refractivity (Wildman–Crippen MR) is 145 cm³/mol. The van der Waals surface area contributed by atoms with Crippen LogP contribution in [0.4, 0.5) is 0 Å². The van der Waals surface area contributed by atoms with Crippen LogP contribution in [0.1, 0.15) is 52.5 Å². The Labute approximate surface area is 210 Å². The number of nitrogens with zero attached hydrogens (tertiary/aromatic N) is 1. The first-order chi connectivity index (χ1) is 16.5. The fourth-order valence-corrected chi connectivity index (χ4v) is 6.45. The summed E-state index contributed by atoms with van der Waals surface area (Å²) < 4.78 is 3.45. The molecule has 2 heterocycles. The minimum Gasteiger partial charge on any atom is -0.164 e. The average Bonchev–Trinajstić information content (AvgIpc) is 2.83. The third-order valence-electron chi connectivity index (χ3n) is 7.72. The molecule has 1 nitrogen and oxygen atoms in total. The zero-order chi connectivity index (χ0) is 23.4. The van der Waals surface area contributed by atoms with Crippen LogP contribution in [0, 0.1) is 13.8 Å². The molecule has 168 valence electrons. The van der Waals surface area contributed by atoms with E-state index < -0.39 is 0 Å². The van der Waals surface area contributed by atoms with E-state index in [2.05, 4.69) is 120 Å². The van der Waals surface area contributed by atoms with Gasteiger partial charge in [0.2, 0.25) is 5.69 Å². The Balaban J connectivity index is 1.58. The lowest BCUT2D eigenvalue weighted by Crippen LogP contribution is -2.36. The van der Waals surface area contributed by atoms with Gasteiger partial charge in [0.05, 0.1) is 5.56 Å². The lowest BCUT2D eigenvalue weighted by atomic mass is 9.67. The minimum atomic E-state index is 0.414. The van der Waals surface area contributed by atoms with Crippen molar-refractivity contribution in [2.45, 2.75) is 44.9 Å². The van der Waals surface area contributed by atoms with Gasteiger partial charge in [-0.2, -0.15) is 4.57 Å². The van der Waals surface area contributed by atoms with Crippen molar-refractivity contribution in [3.63, 3.8) is 0 Å². The standard InChI is InChI=1S/C32H29BrN/c1-20-8-12-28-30(16-20)26-7-5-4-6-25(26)27-13-10-23-9-11-24(33)19-29(23)32-17-21(2)14-15-34(32)22(3)18-31(27)28/h4-9,11-12,14-17,19,27,31H,3,10,13,18H2,1-2H3/q+1. The molecule has 0 radical (unpaired) electrons. The third-order valence-corrected chi connectivity index (χ3v) is 8.22. The second-order valence-corrected chi connectivity index (χ2v) is 10.9. The number of rotatable bonds is 0. The summed E-state index contributed by atoms with van der Waals surface area (Å²) in [6, 6.07) is 27.4. The van der Waals surface area contributed by atoms with Crippen LogP contribution in [0.2, 0.25) is 0 Å². The maximum atomic E-state index is 4.64. The number of hydrogen-bond donors (Lipinski definition) is 0. The Hall–Kier alpha value is -2.97. The molecule has 0 bridgehead atoms. The summed E-state index contributed by atoms with van der Waals surface area (Å²) in [6.45, 7) is 9.02. The molecule has 0 saturated carbocycles. The quantitative estimate of drug-likeness (QED) is 0.211. The van der Waals surface area contributed by atoms with E-state index in [4.69, 9.17) is 0 Å². The maximum absolute atomic E-state index is 4.64. The molecule has 3 aromatic carbocycles. The molecule has 2 atom stereocenters. The lowest BCUT2D eigenvalue weighted by Gasteiger charge is -2.36. The summed E-state index contributed by atoms with van der Waals surface area (Å²) in [5.74, 6) is 0.879. The highest BCUT2D eigenvalue weighted by Crippen LogP contribution is 2.51. The third kappa shape index (κ3) is 3.56. The van der Waals surface area contributed by atoms with Crippen molar-refractivity contribution in [3.05, 3.63) is 118 Å². The number of pyridine rings is 1. The number of aryl methyl sites for hydroxylation is 3. The molecule has 2 aliphatic rings. The molecule has 1 aliphatic heterocycles. The highest BCUT2D eigenvalue weighted by Gasteiger charge is 2.36. The van der Waals surface area contributed by atoms with E-state index in [9.17, 15) is 0 Å². The fourth-order valence-electron chi connectivity index (χ4n) is 6.09. The molecule has 0 spiro atoms. The molecular weight excluding hydrogens is 478 g/mol. The predicted octanol–water partition coefficient (Wildman–Crippen LogP) is 8.38. The van der Waals surface area contributed by atoms with E-state index in [-0.39, 0.29) is 0 Å². The number of allylic oxidation sites excluding steroid dienone is 1. The second-order valence-electron chi connectivity index (χ2n) is 9.96. The van der Waals surface area contributed by atoms with E-state index in [1.807, 2.05) is 0 Å². The van der Waals surface area contributed by atoms with E-state index in [1.54, 1.807) is 0 Å². The summed E-state index contributed by atoms with van der Waals surface area (Å²) in [7, 11) is 0. The zero-order valence-electron chi connectivity index (χ0n) is 19.8. The van der Waals surface area contributed by atoms with Gasteiger partial charge in [-0.15, -0.1) is 0 Å². The number of aromatic nitrogens is 1. The Morgan fingerprint density at radius 1 is 0.794 bits per heavy atom. The zero-order valence-corrected chi connectivity index (χ0v) is 21.4. The summed E-state index contributed by atoms with van der Waals surface area (Å²) >= 11 is 3.72. The first-order valence-electron chi connectivity index (χ1n) is 12.2. The molecule has 1 aliphatic carbocycles. The molecule has 0 fully saturated rings. The van der Waals surface area contributed by atoms with Gasteiger partial charge in [0.15, 0.2) is 11.9 Å². The van der Waals surface area contributed by atoms with E-state index >= 15 is 0 Å². The summed E-state index contributed by atoms with van der Waals surface area (Å²) in [5.41, 5.74) is 13.5. The van der Waals surface area contributed by atoms with Gasteiger partial charge in [-0.05, 0) is 84.7 Å². The minimum absolute atomic E-state index is 0.414. The van der Waals surface area contributed by atoms with Crippen molar-refractivity contribution >= 4 is 21.6 Å². The molecule has 2 unspecified atom stereocenters. The molecule has 2 heteroatoms.